The van der Waals surface area contributed by atoms with Crippen molar-refractivity contribution in [3.05, 3.63) is 54.0 Å². The van der Waals surface area contributed by atoms with Gasteiger partial charge < -0.3 is 14.5 Å². The lowest BCUT2D eigenvalue weighted by Gasteiger charge is -2.06. The molecule has 1 heterocycles. The van der Waals surface area contributed by atoms with E-state index in [1.807, 2.05) is 0 Å². The maximum atomic E-state index is 12.4. The molecule has 1 aliphatic carbocycles. The molecule has 1 amide bonds. The molecule has 7 nitrogen and oxygen atoms in total. The Bertz CT molecular complexity index is 868. The van der Waals surface area contributed by atoms with Crippen molar-refractivity contribution in [1.29, 1.82) is 0 Å². The molecule has 0 radical (unpaired) electrons. The number of benzene rings is 1. The van der Waals surface area contributed by atoms with Crippen LogP contribution in [-0.4, -0.2) is 32.9 Å². The van der Waals surface area contributed by atoms with E-state index < -0.39 is 28.2 Å². The normalized spacial score (nSPS) is 14.1. The maximum Gasteiger partial charge on any atom is 0.375 e. The minimum absolute atomic E-state index is 0.152. The van der Waals surface area contributed by atoms with Crippen LogP contribution in [0.15, 0.2) is 52.0 Å². The third kappa shape index (κ3) is 4.48. The number of rotatable bonds is 7. The van der Waals surface area contributed by atoms with Crippen LogP contribution in [0.1, 0.15) is 29.0 Å². The van der Waals surface area contributed by atoms with Crippen molar-refractivity contribution < 1.29 is 27.2 Å². The van der Waals surface area contributed by atoms with Gasteiger partial charge in [-0.25, -0.2) is 13.2 Å². The summed E-state index contributed by atoms with van der Waals surface area (Å²) in [5.74, 6) is -1.86. The molecular formula is C17H17NO6S. The fourth-order valence-corrected chi connectivity index (χ4v) is 3.61. The molecule has 3 rings (SSSR count). The lowest BCUT2D eigenvalue weighted by atomic mass is 10.3. The molecule has 0 aliphatic heterocycles. The fourth-order valence-electron chi connectivity index (χ4n) is 2.24. The SMILES string of the molecule is O=C(COC(=O)c1occc1CS(=O)(=O)c1ccccc1)NC1CC1. The molecule has 0 bridgehead atoms. The zero-order valence-electron chi connectivity index (χ0n) is 13.3. The average molecular weight is 363 g/mol. The van der Waals surface area contributed by atoms with E-state index in [4.69, 9.17) is 9.15 Å². The van der Waals surface area contributed by atoms with Crippen molar-refractivity contribution in [2.45, 2.75) is 29.5 Å². The van der Waals surface area contributed by atoms with Gasteiger partial charge in [0, 0.05) is 11.6 Å². The molecule has 132 valence electrons. The van der Waals surface area contributed by atoms with Gasteiger partial charge in [0.1, 0.15) is 0 Å². The molecule has 1 fully saturated rings. The van der Waals surface area contributed by atoms with Crippen molar-refractivity contribution in [2.24, 2.45) is 0 Å². The van der Waals surface area contributed by atoms with Crippen LogP contribution in [0, 0.1) is 0 Å². The zero-order chi connectivity index (χ0) is 17.9. The molecule has 2 aromatic rings. The third-order valence-electron chi connectivity index (χ3n) is 3.66. The van der Waals surface area contributed by atoms with Crippen molar-refractivity contribution in [2.75, 3.05) is 6.61 Å². The Morgan fingerprint density at radius 2 is 1.88 bits per heavy atom. The molecule has 1 aliphatic rings. The van der Waals surface area contributed by atoms with Crippen LogP contribution in [0.5, 0.6) is 0 Å². The van der Waals surface area contributed by atoms with Crippen LogP contribution >= 0.6 is 0 Å². The molecule has 0 unspecified atom stereocenters. The van der Waals surface area contributed by atoms with Crippen LogP contribution in [0.4, 0.5) is 0 Å². The van der Waals surface area contributed by atoms with Crippen molar-refractivity contribution in [3.8, 4) is 0 Å². The smallest absolute Gasteiger partial charge is 0.375 e. The maximum absolute atomic E-state index is 12.4. The third-order valence-corrected chi connectivity index (χ3v) is 5.34. The minimum Gasteiger partial charge on any atom is -0.457 e. The summed E-state index contributed by atoms with van der Waals surface area (Å²) in [6.45, 7) is -0.430. The van der Waals surface area contributed by atoms with Crippen molar-refractivity contribution >= 4 is 21.7 Å². The summed E-state index contributed by atoms with van der Waals surface area (Å²) in [5, 5.41) is 2.69. The Morgan fingerprint density at radius 1 is 1.16 bits per heavy atom. The largest absolute Gasteiger partial charge is 0.457 e. The van der Waals surface area contributed by atoms with Gasteiger partial charge in [0.05, 0.1) is 16.9 Å². The molecule has 0 atom stereocenters. The monoisotopic (exact) mass is 363 g/mol. The van der Waals surface area contributed by atoms with E-state index in [0.717, 1.165) is 12.8 Å². The second-order valence-corrected chi connectivity index (χ2v) is 7.75. The average Bonchev–Trinajstić information content (AvgIpc) is 3.29. The summed E-state index contributed by atoms with van der Waals surface area (Å²) >= 11 is 0. The molecule has 0 spiro atoms. The summed E-state index contributed by atoms with van der Waals surface area (Å²) < 4.78 is 34.8. The quantitative estimate of drug-likeness (QED) is 0.751. The van der Waals surface area contributed by atoms with Gasteiger partial charge in [-0.2, -0.15) is 0 Å². The first-order valence-corrected chi connectivity index (χ1v) is 9.41. The molecular weight excluding hydrogens is 346 g/mol. The first-order chi connectivity index (χ1) is 12.0. The zero-order valence-corrected chi connectivity index (χ0v) is 14.1. The van der Waals surface area contributed by atoms with E-state index in [9.17, 15) is 18.0 Å². The summed E-state index contributed by atoms with van der Waals surface area (Å²) in [4.78, 5) is 23.8. The van der Waals surface area contributed by atoms with E-state index in [2.05, 4.69) is 5.32 Å². The lowest BCUT2D eigenvalue weighted by Crippen LogP contribution is -2.30. The topological polar surface area (TPSA) is 103 Å². The van der Waals surface area contributed by atoms with Gasteiger partial charge in [0.2, 0.25) is 5.76 Å². The number of furan rings is 1. The fraction of sp³-hybridized carbons (Fsp3) is 0.294. The Hall–Kier alpha value is -2.61. The van der Waals surface area contributed by atoms with Gasteiger partial charge >= 0.3 is 5.97 Å². The van der Waals surface area contributed by atoms with Gasteiger partial charge in [0.25, 0.3) is 5.91 Å². The molecule has 1 N–H and O–H groups in total. The van der Waals surface area contributed by atoms with Gasteiger partial charge in [0.15, 0.2) is 16.4 Å². The number of esters is 1. The first-order valence-electron chi connectivity index (χ1n) is 7.76. The molecule has 0 saturated heterocycles. The predicted octanol–water partition coefficient (Wildman–Crippen LogP) is 1.69. The van der Waals surface area contributed by atoms with E-state index >= 15 is 0 Å². The van der Waals surface area contributed by atoms with Crippen molar-refractivity contribution in [1.82, 2.24) is 5.32 Å². The van der Waals surface area contributed by atoms with E-state index in [-0.39, 0.29) is 28.2 Å². The highest BCUT2D eigenvalue weighted by molar-refractivity contribution is 7.90. The van der Waals surface area contributed by atoms with Crippen LogP contribution in [0.25, 0.3) is 0 Å². The van der Waals surface area contributed by atoms with Gasteiger partial charge in [-0.1, -0.05) is 18.2 Å². The van der Waals surface area contributed by atoms with E-state index in [1.54, 1.807) is 18.2 Å². The number of carbonyl (C=O) groups is 2. The number of carbonyl (C=O) groups excluding carboxylic acids is 2. The predicted molar refractivity (Wildman–Crippen MR) is 87.5 cm³/mol. The number of hydrogen-bond donors (Lipinski definition) is 1. The Kier molecular flexibility index (Phi) is 4.89. The molecule has 1 aromatic carbocycles. The van der Waals surface area contributed by atoms with Crippen LogP contribution in [0.3, 0.4) is 0 Å². The molecule has 25 heavy (non-hydrogen) atoms. The molecule has 1 aromatic heterocycles. The highest BCUT2D eigenvalue weighted by Crippen LogP contribution is 2.21. The van der Waals surface area contributed by atoms with Gasteiger partial charge in [-0.05, 0) is 31.0 Å². The second kappa shape index (κ2) is 7.10. The standard InChI is InChI=1S/C17H17NO6S/c19-15(18-13-6-7-13)10-24-17(20)16-12(8-9-23-16)11-25(21,22)14-4-2-1-3-5-14/h1-5,8-9,13H,6-7,10-11H2,(H,18,19). The van der Waals surface area contributed by atoms with Crippen LogP contribution in [0.2, 0.25) is 0 Å². The summed E-state index contributed by atoms with van der Waals surface area (Å²) in [6, 6.07) is 9.49. The Balaban J connectivity index is 1.65. The first kappa shape index (κ1) is 17.2. The lowest BCUT2D eigenvalue weighted by molar-refractivity contribution is -0.124. The number of hydrogen-bond acceptors (Lipinski definition) is 6. The molecule has 1 saturated carbocycles. The highest BCUT2D eigenvalue weighted by atomic mass is 32.2. The summed E-state index contributed by atoms with van der Waals surface area (Å²) in [6.07, 6.45) is 3.08. The van der Waals surface area contributed by atoms with Gasteiger partial charge in [-0.15, -0.1) is 0 Å². The van der Waals surface area contributed by atoms with Crippen LogP contribution in [-0.2, 0) is 25.1 Å². The second-order valence-electron chi connectivity index (χ2n) is 5.77. The van der Waals surface area contributed by atoms with Crippen LogP contribution < -0.4 is 5.32 Å². The summed E-state index contributed by atoms with van der Waals surface area (Å²) in [5.41, 5.74) is 0.191. The molecule has 8 heteroatoms. The Morgan fingerprint density at radius 3 is 2.56 bits per heavy atom. The minimum atomic E-state index is -3.63. The summed E-state index contributed by atoms with van der Waals surface area (Å²) in [7, 11) is -3.63. The van der Waals surface area contributed by atoms with Crippen molar-refractivity contribution in [3.63, 3.8) is 0 Å². The number of ether oxygens (including phenoxy) is 1. The van der Waals surface area contributed by atoms with E-state index in [1.165, 1.54) is 24.5 Å². The van der Waals surface area contributed by atoms with E-state index in [0.29, 0.717) is 0 Å². The number of amides is 1. The van der Waals surface area contributed by atoms with Gasteiger partial charge in [-0.3, -0.25) is 4.79 Å². The Labute approximate surface area is 144 Å². The number of nitrogens with one attached hydrogen (secondary N) is 1. The highest BCUT2D eigenvalue weighted by Gasteiger charge is 2.26. The number of sulfone groups is 1.